The average Bonchev–Trinajstić information content (AvgIpc) is 2.41. The van der Waals surface area contributed by atoms with Gasteiger partial charge in [0.05, 0.1) is 0 Å². The Labute approximate surface area is 78.3 Å². The van der Waals surface area contributed by atoms with Crippen LogP contribution in [0.4, 0.5) is 4.79 Å². The molecule has 0 aromatic heterocycles. The Bertz CT molecular complexity index is 216. The molecule has 1 fully saturated rings. The van der Waals surface area contributed by atoms with Crippen LogP contribution >= 0.6 is 0 Å². The topological polar surface area (TPSA) is 49.4 Å². The molecule has 1 aliphatic heterocycles. The van der Waals surface area contributed by atoms with Gasteiger partial charge in [0.1, 0.15) is 6.54 Å². The average molecular weight is 184 g/mol. The van der Waals surface area contributed by atoms with Crippen molar-refractivity contribution in [2.45, 2.75) is 39.2 Å². The zero-order valence-electron chi connectivity index (χ0n) is 8.17. The molecule has 1 heterocycles. The van der Waals surface area contributed by atoms with Gasteiger partial charge in [0.25, 0.3) is 0 Å². The summed E-state index contributed by atoms with van der Waals surface area (Å²) < 4.78 is 0. The minimum absolute atomic E-state index is 0.173. The van der Waals surface area contributed by atoms with E-state index in [2.05, 4.69) is 12.2 Å². The first-order chi connectivity index (χ1) is 6.15. The fourth-order valence-corrected chi connectivity index (χ4v) is 1.47. The Balaban J connectivity index is 2.42. The maximum absolute atomic E-state index is 11.2. The first-order valence-corrected chi connectivity index (χ1v) is 4.75. The normalized spacial score (nSPS) is 19.1. The highest BCUT2D eigenvalue weighted by molar-refractivity contribution is 6.02. The minimum Gasteiger partial charge on any atom is -0.312 e. The van der Waals surface area contributed by atoms with Crippen LogP contribution < -0.4 is 5.32 Å². The molecule has 1 aliphatic rings. The van der Waals surface area contributed by atoms with E-state index in [0.717, 1.165) is 19.3 Å². The van der Waals surface area contributed by atoms with Crippen molar-refractivity contribution in [1.82, 2.24) is 10.2 Å². The highest BCUT2D eigenvalue weighted by atomic mass is 16.2. The van der Waals surface area contributed by atoms with Crippen LogP contribution in [0.3, 0.4) is 0 Å². The van der Waals surface area contributed by atoms with E-state index in [4.69, 9.17) is 0 Å². The second-order valence-corrected chi connectivity index (χ2v) is 3.47. The van der Waals surface area contributed by atoms with Gasteiger partial charge in [-0.15, -0.1) is 0 Å². The number of rotatable bonds is 4. The Kier molecular flexibility index (Phi) is 3.28. The van der Waals surface area contributed by atoms with Gasteiger partial charge in [0, 0.05) is 6.04 Å². The fourth-order valence-electron chi connectivity index (χ4n) is 1.47. The number of imide groups is 1. The van der Waals surface area contributed by atoms with Gasteiger partial charge in [0.15, 0.2) is 0 Å². The lowest BCUT2D eigenvalue weighted by Gasteiger charge is -2.21. The number of carbonyl (C=O) groups is 2. The highest BCUT2D eigenvalue weighted by Crippen LogP contribution is 2.11. The Morgan fingerprint density at radius 2 is 2.23 bits per heavy atom. The summed E-state index contributed by atoms with van der Waals surface area (Å²) in [7, 11) is 0. The molecule has 1 rings (SSSR count). The van der Waals surface area contributed by atoms with Crippen LogP contribution in [0.5, 0.6) is 0 Å². The summed E-state index contributed by atoms with van der Waals surface area (Å²) in [5, 5.41) is 2.27. The third kappa shape index (κ3) is 2.44. The third-order valence-electron chi connectivity index (χ3n) is 2.33. The molecule has 0 aromatic carbocycles. The molecule has 1 saturated heterocycles. The molecule has 0 bridgehead atoms. The highest BCUT2D eigenvalue weighted by Gasteiger charge is 2.29. The fraction of sp³-hybridized carbons (Fsp3) is 0.778. The van der Waals surface area contributed by atoms with E-state index >= 15 is 0 Å². The van der Waals surface area contributed by atoms with Gasteiger partial charge in [-0.25, -0.2) is 4.79 Å². The number of urea groups is 1. The molecule has 13 heavy (non-hydrogen) atoms. The van der Waals surface area contributed by atoms with Gasteiger partial charge in [-0.2, -0.15) is 0 Å². The molecule has 74 valence electrons. The summed E-state index contributed by atoms with van der Waals surface area (Å²) in [6.45, 7) is 4.32. The van der Waals surface area contributed by atoms with E-state index < -0.39 is 0 Å². The van der Waals surface area contributed by atoms with Crippen molar-refractivity contribution >= 4 is 11.9 Å². The van der Waals surface area contributed by atoms with Gasteiger partial charge >= 0.3 is 6.03 Å². The molecule has 0 saturated carbocycles. The number of amides is 3. The van der Waals surface area contributed by atoms with Crippen molar-refractivity contribution in [1.29, 1.82) is 0 Å². The number of carbonyl (C=O) groups excluding carboxylic acids is 2. The SMILES string of the molecule is CCCCC(C)N1CC(=O)NC1=O. The molecule has 0 radical (unpaired) electrons. The van der Waals surface area contributed by atoms with E-state index in [0.29, 0.717) is 0 Å². The summed E-state index contributed by atoms with van der Waals surface area (Å²) in [4.78, 5) is 23.6. The van der Waals surface area contributed by atoms with E-state index in [-0.39, 0.29) is 24.5 Å². The van der Waals surface area contributed by atoms with Crippen molar-refractivity contribution < 1.29 is 9.59 Å². The quantitative estimate of drug-likeness (QED) is 0.665. The maximum atomic E-state index is 11.2. The van der Waals surface area contributed by atoms with Gasteiger partial charge in [-0.1, -0.05) is 19.8 Å². The second-order valence-electron chi connectivity index (χ2n) is 3.47. The van der Waals surface area contributed by atoms with Gasteiger partial charge in [-0.3, -0.25) is 10.1 Å². The van der Waals surface area contributed by atoms with Crippen molar-refractivity contribution in [2.75, 3.05) is 6.54 Å². The van der Waals surface area contributed by atoms with E-state index in [1.54, 1.807) is 4.90 Å². The number of hydrogen-bond donors (Lipinski definition) is 1. The Hall–Kier alpha value is -1.06. The predicted octanol–water partition coefficient (Wildman–Crippen LogP) is 1.12. The number of hydrogen-bond acceptors (Lipinski definition) is 2. The van der Waals surface area contributed by atoms with Crippen molar-refractivity contribution in [2.24, 2.45) is 0 Å². The largest absolute Gasteiger partial charge is 0.324 e. The molecular formula is C9H16N2O2. The molecule has 1 N–H and O–H groups in total. The lowest BCUT2D eigenvalue weighted by molar-refractivity contribution is -0.118. The van der Waals surface area contributed by atoms with Crippen LogP contribution in [0.2, 0.25) is 0 Å². The zero-order chi connectivity index (χ0) is 9.84. The van der Waals surface area contributed by atoms with Gasteiger partial charge in [-0.05, 0) is 13.3 Å². The third-order valence-corrected chi connectivity index (χ3v) is 2.33. The smallest absolute Gasteiger partial charge is 0.312 e. The number of unbranched alkanes of at least 4 members (excludes halogenated alkanes) is 1. The summed E-state index contributed by atoms with van der Waals surface area (Å²) >= 11 is 0. The van der Waals surface area contributed by atoms with Crippen molar-refractivity contribution in [3.05, 3.63) is 0 Å². The molecule has 0 aromatic rings. The zero-order valence-corrected chi connectivity index (χ0v) is 8.17. The second kappa shape index (κ2) is 4.25. The van der Waals surface area contributed by atoms with Crippen molar-refractivity contribution in [3.8, 4) is 0 Å². The molecular weight excluding hydrogens is 168 g/mol. The molecule has 0 aliphatic carbocycles. The molecule has 3 amide bonds. The molecule has 0 spiro atoms. The Morgan fingerprint density at radius 1 is 1.54 bits per heavy atom. The molecule has 4 nitrogen and oxygen atoms in total. The van der Waals surface area contributed by atoms with E-state index in [1.165, 1.54) is 0 Å². The monoisotopic (exact) mass is 184 g/mol. The van der Waals surface area contributed by atoms with Crippen LogP contribution in [-0.4, -0.2) is 29.4 Å². The summed E-state index contributed by atoms with van der Waals surface area (Å²) in [5.41, 5.74) is 0. The lowest BCUT2D eigenvalue weighted by atomic mass is 10.1. The van der Waals surface area contributed by atoms with Gasteiger partial charge in [0.2, 0.25) is 5.91 Å². The first-order valence-electron chi connectivity index (χ1n) is 4.75. The van der Waals surface area contributed by atoms with Crippen LogP contribution in [0.15, 0.2) is 0 Å². The lowest BCUT2D eigenvalue weighted by Crippen LogP contribution is -2.35. The standard InChI is InChI=1S/C9H16N2O2/c1-3-4-5-7(2)11-6-8(12)10-9(11)13/h7H,3-6H2,1-2H3,(H,10,12,13). The van der Waals surface area contributed by atoms with Crippen LogP contribution in [0, 0.1) is 0 Å². The summed E-state index contributed by atoms with van der Waals surface area (Å²) in [5.74, 6) is -0.187. The number of nitrogens with one attached hydrogen (secondary N) is 1. The van der Waals surface area contributed by atoms with E-state index in [1.807, 2.05) is 6.92 Å². The summed E-state index contributed by atoms with van der Waals surface area (Å²) in [6.07, 6.45) is 3.18. The van der Waals surface area contributed by atoms with Gasteiger partial charge < -0.3 is 4.90 Å². The van der Waals surface area contributed by atoms with Crippen LogP contribution in [0.25, 0.3) is 0 Å². The van der Waals surface area contributed by atoms with Crippen molar-refractivity contribution in [3.63, 3.8) is 0 Å². The van der Waals surface area contributed by atoms with E-state index in [9.17, 15) is 9.59 Å². The predicted molar refractivity (Wildman–Crippen MR) is 49.2 cm³/mol. The maximum Gasteiger partial charge on any atom is 0.324 e. The molecule has 1 atom stereocenters. The Morgan fingerprint density at radius 3 is 2.69 bits per heavy atom. The molecule has 1 unspecified atom stereocenters. The first kappa shape index (κ1) is 10.0. The summed E-state index contributed by atoms with van der Waals surface area (Å²) in [6, 6.07) is -0.0694. The number of nitrogens with zero attached hydrogens (tertiary/aromatic N) is 1. The van der Waals surface area contributed by atoms with Crippen LogP contribution in [0.1, 0.15) is 33.1 Å². The minimum atomic E-state index is -0.242. The molecule has 4 heteroatoms. The van der Waals surface area contributed by atoms with Crippen LogP contribution in [-0.2, 0) is 4.79 Å².